The molecular formula is C24H25N3O3S3. The van der Waals surface area contributed by atoms with E-state index in [2.05, 4.69) is 10.3 Å². The van der Waals surface area contributed by atoms with Gasteiger partial charge in [0.2, 0.25) is 15.9 Å². The highest BCUT2D eigenvalue weighted by molar-refractivity contribution is 8.00. The van der Waals surface area contributed by atoms with Gasteiger partial charge in [-0.3, -0.25) is 4.79 Å². The molecule has 0 spiro atoms. The number of aryl methyl sites for hydroxylation is 2. The molecule has 1 aliphatic heterocycles. The molecule has 33 heavy (non-hydrogen) atoms. The fraction of sp³-hybridized carbons (Fsp3) is 0.333. The van der Waals surface area contributed by atoms with Gasteiger partial charge in [0, 0.05) is 16.7 Å². The van der Waals surface area contributed by atoms with Crippen molar-refractivity contribution in [2.75, 3.05) is 11.6 Å². The Kier molecular flexibility index (Phi) is 6.56. The number of amides is 1. The van der Waals surface area contributed by atoms with E-state index in [0.717, 1.165) is 47.5 Å². The quantitative estimate of drug-likeness (QED) is 0.553. The molecule has 1 fully saturated rings. The second kappa shape index (κ2) is 9.58. The lowest BCUT2D eigenvalue weighted by Gasteiger charge is -2.24. The van der Waals surface area contributed by atoms with Gasteiger partial charge < -0.3 is 5.32 Å². The number of fused-ring (bicyclic) bond motifs is 1. The number of hydrogen-bond donors (Lipinski definition) is 1. The summed E-state index contributed by atoms with van der Waals surface area (Å²) in [4.78, 5) is 17.9. The van der Waals surface area contributed by atoms with Gasteiger partial charge >= 0.3 is 0 Å². The van der Waals surface area contributed by atoms with Crippen molar-refractivity contribution in [2.45, 2.75) is 43.2 Å². The number of thiazole rings is 1. The monoisotopic (exact) mass is 499 g/mol. The van der Waals surface area contributed by atoms with E-state index in [0.29, 0.717) is 5.75 Å². The second-order valence-electron chi connectivity index (χ2n) is 8.27. The van der Waals surface area contributed by atoms with E-state index in [9.17, 15) is 13.2 Å². The van der Waals surface area contributed by atoms with Crippen LogP contribution in [-0.4, -0.2) is 41.3 Å². The minimum Gasteiger partial charge on any atom is -0.349 e. The zero-order valence-corrected chi connectivity index (χ0v) is 20.5. The maximum atomic E-state index is 13.4. The molecule has 2 aromatic carbocycles. The third-order valence-corrected chi connectivity index (χ3v) is 10.1. The molecule has 1 atom stereocenters. The number of thioether (sulfide) groups is 1. The van der Waals surface area contributed by atoms with Crippen LogP contribution in [0.1, 0.15) is 29.7 Å². The van der Waals surface area contributed by atoms with Crippen LogP contribution in [0.3, 0.4) is 0 Å². The first-order valence-electron chi connectivity index (χ1n) is 11.0. The molecule has 1 aromatic heterocycles. The number of benzene rings is 2. The predicted molar refractivity (Wildman–Crippen MR) is 133 cm³/mol. The van der Waals surface area contributed by atoms with Gasteiger partial charge in [-0.25, -0.2) is 13.4 Å². The van der Waals surface area contributed by atoms with E-state index in [1.54, 1.807) is 6.07 Å². The number of sulfonamides is 1. The minimum absolute atomic E-state index is 0.274. The summed E-state index contributed by atoms with van der Waals surface area (Å²) >= 11 is 2.99. The highest BCUT2D eigenvalue weighted by Gasteiger charge is 2.40. The minimum atomic E-state index is -3.74. The summed E-state index contributed by atoms with van der Waals surface area (Å²) in [6.07, 6.45) is 4.15. The Hall–Kier alpha value is -2.20. The average Bonchev–Trinajstić information content (AvgIpc) is 3.53. The molecule has 2 heterocycles. The summed E-state index contributed by atoms with van der Waals surface area (Å²) < 4.78 is 28.1. The lowest BCUT2D eigenvalue weighted by molar-refractivity contribution is -0.124. The van der Waals surface area contributed by atoms with Crippen molar-refractivity contribution in [1.29, 1.82) is 0 Å². The van der Waals surface area contributed by atoms with Crippen molar-refractivity contribution < 1.29 is 13.2 Å². The van der Waals surface area contributed by atoms with Crippen LogP contribution in [-0.2, 0) is 34.2 Å². The first-order valence-corrected chi connectivity index (χ1v) is 14.5. The lowest BCUT2D eigenvalue weighted by Crippen LogP contribution is -2.47. The highest BCUT2D eigenvalue weighted by atomic mass is 32.2. The molecule has 1 aliphatic carbocycles. The molecule has 1 saturated heterocycles. The second-order valence-corrected chi connectivity index (χ2v) is 12.0. The molecule has 1 N–H and O–H groups in total. The van der Waals surface area contributed by atoms with Gasteiger partial charge in [-0.05, 0) is 48.9 Å². The van der Waals surface area contributed by atoms with Crippen LogP contribution in [0.15, 0.2) is 58.8 Å². The van der Waals surface area contributed by atoms with Crippen LogP contribution < -0.4 is 5.32 Å². The van der Waals surface area contributed by atoms with Crippen LogP contribution >= 0.6 is 23.1 Å². The summed E-state index contributed by atoms with van der Waals surface area (Å²) in [5.41, 5.74) is 4.16. The zero-order chi connectivity index (χ0) is 22.8. The summed E-state index contributed by atoms with van der Waals surface area (Å²) in [6.45, 7) is 0.274. The van der Waals surface area contributed by atoms with Gasteiger partial charge in [-0.15, -0.1) is 23.1 Å². The number of nitrogens with zero attached hydrogens (tertiary/aromatic N) is 2. The Morgan fingerprint density at radius 3 is 2.70 bits per heavy atom. The van der Waals surface area contributed by atoms with E-state index >= 15 is 0 Å². The first-order chi connectivity index (χ1) is 16.0. The molecule has 2 aliphatic rings. The molecule has 0 saturated carbocycles. The standard InChI is InChI=1S/C24H25N3O3S3/c28-23(25-13-20-14-32-24(26-20)18-7-2-1-3-8-18)22-15-31-16-27(22)33(29,30)21-11-10-17-6-4-5-9-19(17)12-21/h1-3,7-8,10-12,14,22H,4-6,9,13,15-16H2,(H,25,28). The van der Waals surface area contributed by atoms with E-state index in [1.165, 1.54) is 33.0 Å². The lowest BCUT2D eigenvalue weighted by atomic mass is 9.92. The molecule has 172 valence electrons. The average molecular weight is 500 g/mol. The van der Waals surface area contributed by atoms with Gasteiger partial charge in [0.25, 0.3) is 0 Å². The van der Waals surface area contributed by atoms with Crippen LogP contribution in [0.2, 0.25) is 0 Å². The van der Waals surface area contributed by atoms with Crippen molar-refractivity contribution in [3.8, 4) is 10.6 Å². The summed E-state index contributed by atoms with van der Waals surface area (Å²) in [5, 5.41) is 5.72. The topological polar surface area (TPSA) is 79.4 Å². The van der Waals surface area contributed by atoms with Gasteiger partial charge in [0.1, 0.15) is 11.0 Å². The Morgan fingerprint density at radius 2 is 1.88 bits per heavy atom. The van der Waals surface area contributed by atoms with Gasteiger partial charge in [0.05, 0.1) is 23.0 Å². The van der Waals surface area contributed by atoms with Gasteiger partial charge in [0.15, 0.2) is 0 Å². The van der Waals surface area contributed by atoms with Crippen molar-refractivity contribution in [2.24, 2.45) is 0 Å². The number of hydrogen-bond acceptors (Lipinski definition) is 6. The van der Waals surface area contributed by atoms with Crippen LogP contribution in [0.5, 0.6) is 0 Å². The highest BCUT2D eigenvalue weighted by Crippen LogP contribution is 2.31. The van der Waals surface area contributed by atoms with Crippen LogP contribution in [0.4, 0.5) is 0 Å². The van der Waals surface area contributed by atoms with Crippen LogP contribution in [0.25, 0.3) is 10.6 Å². The SMILES string of the molecule is O=C(NCc1csc(-c2ccccc2)n1)C1CSCN1S(=O)(=O)c1ccc2c(c1)CCCC2. The van der Waals surface area contributed by atoms with E-state index in [-0.39, 0.29) is 23.2 Å². The number of aromatic nitrogens is 1. The number of carbonyl (C=O) groups is 1. The molecule has 1 unspecified atom stereocenters. The summed E-state index contributed by atoms with van der Waals surface area (Å²) in [5.74, 6) is 0.449. The van der Waals surface area contributed by atoms with Crippen molar-refractivity contribution >= 4 is 39.0 Å². The maximum Gasteiger partial charge on any atom is 0.244 e. The molecule has 3 aromatic rings. The van der Waals surface area contributed by atoms with Crippen molar-refractivity contribution in [3.63, 3.8) is 0 Å². The smallest absolute Gasteiger partial charge is 0.244 e. The summed E-state index contributed by atoms with van der Waals surface area (Å²) in [7, 11) is -3.74. The zero-order valence-electron chi connectivity index (χ0n) is 18.1. The fourth-order valence-corrected chi connectivity index (χ4v) is 8.30. The number of rotatable bonds is 6. The van der Waals surface area contributed by atoms with Gasteiger partial charge in [-0.2, -0.15) is 4.31 Å². The predicted octanol–water partition coefficient (Wildman–Crippen LogP) is 4.07. The van der Waals surface area contributed by atoms with Crippen molar-refractivity contribution in [1.82, 2.24) is 14.6 Å². The molecule has 5 rings (SSSR count). The van der Waals surface area contributed by atoms with Crippen molar-refractivity contribution in [3.05, 3.63) is 70.7 Å². The van der Waals surface area contributed by atoms with E-state index < -0.39 is 16.1 Å². The van der Waals surface area contributed by atoms with E-state index in [4.69, 9.17) is 0 Å². The Labute approximate surface area is 202 Å². The molecular weight excluding hydrogens is 474 g/mol. The molecule has 0 radical (unpaired) electrons. The molecule has 0 bridgehead atoms. The molecule has 9 heteroatoms. The Morgan fingerprint density at radius 1 is 1.09 bits per heavy atom. The largest absolute Gasteiger partial charge is 0.349 e. The third kappa shape index (κ3) is 4.73. The van der Waals surface area contributed by atoms with Gasteiger partial charge in [-0.1, -0.05) is 36.4 Å². The Bertz CT molecular complexity index is 1260. The molecule has 6 nitrogen and oxygen atoms in total. The Balaban J connectivity index is 1.27. The van der Waals surface area contributed by atoms with Crippen LogP contribution in [0, 0.1) is 0 Å². The first kappa shape index (κ1) is 22.6. The maximum absolute atomic E-state index is 13.4. The van der Waals surface area contributed by atoms with E-state index in [1.807, 2.05) is 47.8 Å². The fourth-order valence-electron chi connectivity index (χ4n) is 4.27. The molecule has 1 amide bonds. The number of carbonyl (C=O) groups excluding carboxylic acids is 1. The summed E-state index contributed by atoms with van der Waals surface area (Å²) in [6, 6.07) is 14.6. The number of nitrogens with one attached hydrogen (secondary N) is 1. The normalized spacial score (nSPS) is 18.7. The third-order valence-electron chi connectivity index (χ3n) is 6.09.